The summed E-state index contributed by atoms with van der Waals surface area (Å²) in [6, 6.07) is 8.13. The summed E-state index contributed by atoms with van der Waals surface area (Å²) >= 11 is 3.51. The Morgan fingerprint density at radius 2 is 2.20 bits per heavy atom. The molecule has 1 aliphatic carbocycles. The number of hydrogen-bond acceptors (Lipinski definition) is 3. The molecule has 1 saturated carbocycles. The van der Waals surface area contributed by atoms with Crippen LogP contribution in [-0.2, 0) is 0 Å². The van der Waals surface area contributed by atoms with Crippen LogP contribution >= 0.6 is 15.9 Å². The summed E-state index contributed by atoms with van der Waals surface area (Å²) in [5.74, 6) is 1.82. The summed E-state index contributed by atoms with van der Waals surface area (Å²) < 4.78 is 6.65. The van der Waals surface area contributed by atoms with E-state index in [2.05, 4.69) is 47.1 Å². The minimum absolute atomic E-state index is 0.243. The van der Waals surface area contributed by atoms with Gasteiger partial charge in [-0.2, -0.15) is 0 Å². The van der Waals surface area contributed by atoms with Crippen LogP contribution in [0.25, 0.3) is 11.1 Å². The van der Waals surface area contributed by atoms with Crippen molar-refractivity contribution < 1.29 is 4.52 Å². The van der Waals surface area contributed by atoms with Gasteiger partial charge in [0.25, 0.3) is 0 Å². The van der Waals surface area contributed by atoms with Crippen LogP contribution in [0.5, 0.6) is 0 Å². The molecule has 2 aromatic rings. The van der Waals surface area contributed by atoms with Gasteiger partial charge in [0.15, 0.2) is 5.82 Å². The molecule has 0 radical (unpaired) electrons. The molecule has 0 saturated heterocycles. The lowest BCUT2D eigenvalue weighted by molar-refractivity contribution is 0.269. The molecule has 3 rings (SSSR count). The van der Waals surface area contributed by atoms with Crippen molar-refractivity contribution in [3.8, 4) is 11.1 Å². The lowest BCUT2D eigenvalue weighted by atomic mass is 9.79. The Kier molecular flexibility index (Phi) is 3.36. The molecule has 1 atom stereocenters. The molecular formula is C16H19BrN2O. The number of nitrogen functional groups attached to an aromatic ring is 1. The molecule has 0 amide bonds. The smallest absolute Gasteiger partial charge is 0.175 e. The van der Waals surface area contributed by atoms with Crippen LogP contribution in [-0.4, -0.2) is 5.16 Å². The van der Waals surface area contributed by atoms with Crippen molar-refractivity contribution in [1.82, 2.24) is 5.16 Å². The van der Waals surface area contributed by atoms with Gasteiger partial charge in [-0.25, -0.2) is 0 Å². The standard InChI is InChI=1S/C16H19BrN2O/c1-16(2)8-4-7-12(16)14-13(15(18)19-20-14)10-5-3-6-11(17)9-10/h3,5-6,9,12H,4,7-8H2,1-2H3,(H2,18,19). The zero-order valence-corrected chi connectivity index (χ0v) is 13.4. The predicted molar refractivity (Wildman–Crippen MR) is 84.4 cm³/mol. The highest BCUT2D eigenvalue weighted by Gasteiger charge is 2.40. The van der Waals surface area contributed by atoms with Gasteiger partial charge in [0.05, 0.1) is 5.56 Å². The quantitative estimate of drug-likeness (QED) is 0.842. The van der Waals surface area contributed by atoms with E-state index in [0.29, 0.717) is 11.7 Å². The molecule has 4 heteroatoms. The van der Waals surface area contributed by atoms with Gasteiger partial charge in [0.1, 0.15) is 5.76 Å². The van der Waals surface area contributed by atoms with E-state index >= 15 is 0 Å². The summed E-state index contributed by atoms with van der Waals surface area (Å²) in [7, 11) is 0. The van der Waals surface area contributed by atoms with Gasteiger partial charge in [0.2, 0.25) is 0 Å². The van der Waals surface area contributed by atoms with Crippen LogP contribution in [0.4, 0.5) is 5.82 Å². The van der Waals surface area contributed by atoms with Gasteiger partial charge in [0, 0.05) is 10.4 Å². The highest BCUT2D eigenvalue weighted by Crippen LogP contribution is 2.51. The maximum absolute atomic E-state index is 6.06. The molecule has 20 heavy (non-hydrogen) atoms. The molecule has 1 aromatic carbocycles. The van der Waals surface area contributed by atoms with Crippen molar-refractivity contribution in [2.24, 2.45) is 5.41 Å². The Morgan fingerprint density at radius 1 is 1.40 bits per heavy atom. The molecule has 1 heterocycles. The van der Waals surface area contributed by atoms with E-state index in [-0.39, 0.29) is 5.41 Å². The summed E-state index contributed by atoms with van der Waals surface area (Å²) in [5, 5.41) is 4.02. The van der Waals surface area contributed by atoms with Crippen LogP contribution in [0.2, 0.25) is 0 Å². The number of hydrogen-bond donors (Lipinski definition) is 1. The zero-order valence-electron chi connectivity index (χ0n) is 11.8. The van der Waals surface area contributed by atoms with Crippen molar-refractivity contribution in [1.29, 1.82) is 0 Å². The molecular weight excluding hydrogens is 316 g/mol. The molecule has 1 aromatic heterocycles. The van der Waals surface area contributed by atoms with Crippen LogP contribution in [0.1, 0.15) is 44.8 Å². The van der Waals surface area contributed by atoms with E-state index in [9.17, 15) is 0 Å². The molecule has 0 aliphatic heterocycles. The fourth-order valence-electron chi connectivity index (χ4n) is 3.30. The highest BCUT2D eigenvalue weighted by molar-refractivity contribution is 9.10. The summed E-state index contributed by atoms with van der Waals surface area (Å²) in [6.45, 7) is 4.60. The zero-order chi connectivity index (χ0) is 14.3. The van der Waals surface area contributed by atoms with Gasteiger partial charge in [-0.3, -0.25) is 0 Å². The maximum atomic E-state index is 6.06. The largest absolute Gasteiger partial charge is 0.380 e. The van der Waals surface area contributed by atoms with Crippen molar-refractivity contribution in [3.63, 3.8) is 0 Å². The van der Waals surface area contributed by atoms with Crippen molar-refractivity contribution in [2.75, 3.05) is 5.73 Å². The Labute approximate surface area is 127 Å². The lowest BCUT2D eigenvalue weighted by Gasteiger charge is -2.25. The average molecular weight is 335 g/mol. The van der Waals surface area contributed by atoms with E-state index in [1.807, 2.05) is 12.1 Å². The molecule has 1 aliphatic rings. The third kappa shape index (κ3) is 2.26. The number of aromatic nitrogens is 1. The minimum Gasteiger partial charge on any atom is -0.380 e. The number of nitrogens with two attached hydrogens (primary N) is 1. The topological polar surface area (TPSA) is 52.0 Å². The first-order chi connectivity index (χ1) is 9.49. The van der Waals surface area contributed by atoms with Gasteiger partial charge in [-0.1, -0.05) is 53.5 Å². The molecule has 1 fully saturated rings. The highest BCUT2D eigenvalue weighted by atomic mass is 79.9. The monoisotopic (exact) mass is 334 g/mol. The van der Waals surface area contributed by atoms with E-state index in [0.717, 1.165) is 27.8 Å². The molecule has 0 bridgehead atoms. The fourth-order valence-corrected chi connectivity index (χ4v) is 3.70. The summed E-state index contributed by atoms with van der Waals surface area (Å²) in [6.07, 6.45) is 3.59. The second kappa shape index (κ2) is 4.92. The van der Waals surface area contributed by atoms with Gasteiger partial charge in [-0.05, 0) is 36.0 Å². The number of nitrogens with zero attached hydrogens (tertiary/aromatic N) is 1. The Bertz CT molecular complexity index is 633. The summed E-state index contributed by atoms with van der Waals surface area (Å²) in [5.41, 5.74) is 8.33. The Balaban J connectivity index is 2.11. The second-order valence-corrected chi connectivity index (χ2v) is 7.17. The number of anilines is 1. The molecule has 106 valence electrons. The van der Waals surface area contributed by atoms with Crippen LogP contribution in [0.15, 0.2) is 33.3 Å². The van der Waals surface area contributed by atoms with E-state index in [1.165, 1.54) is 12.8 Å². The van der Waals surface area contributed by atoms with Gasteiger partial charge in [-0.15, -0.1) is 0 Å². The van der Waals surface area contributed by atoms with Crippen molar-refractivity contribution in [2.45, 2.75) is 39.0 Å². The lowest BCUT2D eigenvalue weighted by Crippen LogP contribution is -2.15. The minimum atomic E-state index is 0.243. The first kappa shape index (κ1) is 13.7. The number of benzene rings is 1. The fraction of sp³-hybridized carbons (Fsp3) is 0.438. The van der Waals surface area contributed by atoms with Gasteiger partial charge < -0.3 is 10.3 Å². The van der Waals surface area contributed by atoms with Crippen molar-refractivity contribution in [3.05, 3.63) is 34.5 Å². The first-order valence-electron chi connectivity index (χ1n) is 7.00. The molecule has 2 N–H and O–H groups in total. The average Bonchev–Trinajstić information content (AvgIpc) is 2.91. The Morgan fingerprint density at radius 3 is 2.85 bits per heavy atom. The normalized spacial score (nSPS) is 21.2. The second-order valence-electron chi connectivity index (χ2n) is 6.25. The summed E-state index contributed by atoms with van der Waals surface area (Å²) in [4.78, 5) is 0. The predicted octanol–water partition coefficient (Wildman–Crippen LogP) is 4.98. The van der Waals surface area contributed by atoms with Gasteiger partial charge >= 0.3 is 0 Å². The number of rotatable bonds is 2. The van der Waals surface area contributed by atoms with E-state index in [1.54, 1.807) is 0 Å². The maximum Gasteiger partial charge on any atom is 0.175 e. The Hall–Kier alpha value is -1.29. The van der Waals surface area contributed by atoms with E-state index < -0.39 is 0 Å². The SMILES string of the molecule is CC1(C)CCCC1c1onc(N)c1-c1cccc(Br)c1. The first-order valence-corrected chi connectivity index (χ1v) is 7.79. The van der Waals surface area contributed by atoms with Crippen LogP contribution in [0.3, 0.4) is 0 Å². The molecule has 0 spiro atoms. The number of halogens is 1. The van der Waals surface area contributed by atoms with E-state index in [4.69, 9.17) is 10.3 Å². The van der Waals surface area contributed by atoms with Crippen LogP contribution in [0, 0.1) is 5.41 Å². The van der Waals surface area contributed by atoms with Crippen LogP contribution < -0.4 is 5.73 Å². The molecule has 1 unspecified atom stereocenters. The third-order valence-electron chi connectivity index (χ3n) is 4.43. The van der Waals surface area contributed by atoms with Crippen molar-refractivity contribution >= 4 is 21.7 Å². The third-order valence-corrected chi connectivity index (χ3v) is 4.93. The molecule has 3 nitrogen and oxygen atoms in total.